The summed E-state index contributed by atoms with van der Waals surface area (Å²) in [6.45, 7) is 0. The molecule has 1 amide bonds. The molecule has 7 heteroatoms. The second-order valence-electron chi connectivity index (χ2n) is 3.89. The van der Waals surface area contributed by atoms with E-state index in [1.807, 2.05) is 0 Å². The summed E-state index contributed by atoms with van der Waals surface area (Å²) in [5.74, 6) is -4.99. The second kappa shape index (κ2) is 5.60. The van der Waals surface area contributed by atoms with E-state index in [4.69, 9.17) is 0 Å². The quantitative estimate of drug-likeness (QED) is 0.851. The molecule has 2 aromatic rings. The predicted octanol–water partition coefficient (Wildman–Crippen LogP) is 2.79. The molecule has 4 nitrogen and oxygen atoms in total. The van der Waals surface area contributed by atoms with Crippen LogP contribution in [0.2, 0.25) is 0 Å². The molecule has 0 unspecified atom stereocenters. The first-order valence-electron chi connectivity index (χ1n) is 5.61. The highest BCUT2D eigenvalue weighted by Gasteiger charge is 2.13. The molecule has 2 N–H and O–H groups in total. The molecule has 104 valence electrons. The zero-order chi connectivity index (χ0) is 14.7. The minimum Gasteiger partial charge on any atom is -0.387 e. The number of nitrogens with one attached hydrogen (secondary N) is 2. The Bertz CT molecular complexity index is 621. The molecule has 1 heterocycles. The fourth-order valence-electron chi connectivity index (χ4n) is 1.50. The van der Waals surface area contributed by atoms with Crippen molar-refractivity contribution in [3.63, 3.8) is 0 Å². The molecule has 0 aliphatic heterocycles. The Morgan fingerprint density at radius 2 is 1.75 bits per heavy atom. The number of carbonyl (C=O) groups is 1. The Kier molecular flexibility index (Phi) is 3.88. The van der Waals surface area contributed by atoms with Crippen molar-refractivity contribution in [1.29, 1.82) is 0 Å². The van der Waals surface area contributed by atoms with Crippen LogP contribution in [0.1, 0.15) is 10.5 Å². The van der Waals surface area contributed by atoms with Crippen molar-refractivity contribution in [2.45, 2.75) is 0 Å². The first kappa shape index (κ1) is 13.9. The van der Waals surface area contributed by atoms with Crippen LogP contribution in [0, 0.1) is 17.5 Å². The van der Waals surface area contributed by atoms with Gasteiger partial charge in [0.15, 0.2) is 17.5 Å². The van der Waals surface area contributed by atoms with E-state index in [1.165, 1.54) is 12.3 Å². The molecule has 1 aromatic carbocycles. The number of nitrogens with zero attached hydrogens (tertiary/aromatic N) is 1. The third-order valence-electron chi connectivity index (χ3n) is 2.53. The monoisotopic (exact) mass is 281 g/mol. The predicted molar refractivity (Wildman–Crippen MR) is 68.1 cm³/mol. The van der Waals surface area contributed by atoms with Gasteiger partial charge in [0.25, 0.3) is 5.91 Å². The largest absolute Gasteiger partial charge is 0.387 e. The summed E-state index contributed by atoms with van der Waals surface area (Å²) in [6.07, 6.45) is 1.43. The van der Waals surface area contributed by atoms with Crippen molar-refractivity contribution in [2.75, 3.05) is 17.7 Å². The van der Waals surface area contributed by atoms with Crippen LogP contribution in [0.25, 0.3) is 0 Å². The minimum absolute atomic E-state index is 0.0640. The molecule has 0 radical (unpaired) electrons. The van der Waals surface area contributed by atoms with Gasteiger partial charge in [-0.15, -0.1) is 0 Å². The average Bonchev–Trinajstić information content (AvgIpc) is 2.44. The topological polar surface area (TPSA) is 54.0 Å². The normalized spacial score (nSPS) is 10.2. The number of carbonyl (C=O) groups excluding carboxylic acids is 1. The Balaban J connectivity index is 2.18. The first-order valence-corrected chi connectivity index (χ1v) is 5.61. The maximum atomic E-state index is 13.0. The Morgan fingerprint density at radius 1 is 1.10 bits per heavy atom. The molecule has 0 atom stereocenters. The van der Waals surface area contributed by atoms with Crippen LogP contribution < -0.4 is 10.6 Å². The Hall–Kier alpha value is -2.57. The van der Waals surface area contributed by atoms with Gasteiger partial charge in [-0.3, -0.25) is 4.79 Å². The van der Waals surface area contributed by atoms with Crippen molar-refractivity contribution in [3.8, 4) is 0 Å². The van der Waals surface area contributed by atoms with Gasteiger partial charge in [-0.25, -0.2) is 18.2 Å². The van der Waals surface area contributed by atoms with E-state index in [0.717, 1.165) is 0 Å². The minimum atomic E-state index is -1.58. The number of aromatic nitrogens is 1. The van der Waals surface area contributed by atoms with Gasteiger partial charge in [-0.05, 0) is 12.1 Å². The van der Waals surface area contributed by atoms with E-state index >= 15 is 0 Å². The fourth-order valence-corrected chi connectivity index (χ4v) is 1.50. The summed E-state index contributed by atoms with van der Waals surface area (Å²) < 4.78 is 38.8. The van der Waals surface area contributed by atoms with E-state index in [9.17, 15) is 18.0 Å². The van der Waals surface area contributed by atoms with Gasteiger partial charge in [0.1, 0.15) is 5.69 Å². The number of halogens is 3. The smallest absolute Gasteiger partial charge is 0.274 e. The lowest BCUT2D eigenvalue weighted by atomic mass is 10.2. The van der Waals surface area contributed by atoms with Crippen molar-refractivity contribution < 1.29 is 18.0 Å². The van der Waals surface area contributed by atoms with Crippen molar-refractivity contribution in [1.82, 2.24) is 4.98 Å². The van der Waals surface area contributed by atoms with E-state index in [-0.39, 0.29) is 11.4 Å². The molecule has 0 saturated heterocycles. The lowest BCUT2D eigenvalue weighted by Crippen LogP contribution is -2.14. The molecule has 2 rings (SSSR count). The molecule has 0 aliphatic rings. The molecular formula is C13H10F3N3O. The SMILES string of the molecule is CNc1ccc(C(=O)Nc2cc(F)c(F)c(F)c2)nc1. The van der Waals surface area contributed by atoms with Crippen molar-refractivity contribution in [3.05, 3.63) is 53.6 Å². The lowest BCUT2D eigenvalue weighted by molar-refractivity contribution is 0.102. The zero-order valence-corrected chi connectivity index (χ0v) is 10.4. The van der Waals surface area contributed by atoms with E-state index in [1.54, 1.807) is 13.1 Å². The highest BCUT2D eigenvalue weighted by molar-refractivity contribution is 6.02. The number of benzene rings is 1. The molecule has 0 fully saturated rings. The zero-order valence-electron chi connectivity index (χ0n) is 10.4. The van der Waals surface area contributed by atoms with E-state index < -0.39 is 23.4 Å². The van der Waals surface area contributed by atoms with Gasteiger partial charge in [-0.1, -0.05) is 0 Å². The summed E-state index contributed by atoms with van der Waals surface area (Å²) in [4.78, 5) is 15.7. The second-order valence-corrected chi connectivity index (χ2v) is 3.89. The van der Waals surface area contributed by atoms with Crippen LogP contribution >= 0.6 is 0 Å². The maximum Gasteiger partial charge on any atom is 0.274 e. The summed E-state index contributed by atoms with van der Waals surface area (Å²) in [7, 11) is 1.70. The van der Waals surface area contributed by atoms with Crippen molar-refractivity contribution >= 4 is 17.3 Å². The number of hydrogen-bond donors (Lipinski definition) is 2. The summed E-state index contributed by atoms with van der Waals surface area (Å²) in [5.41, 5.74) is 0.584. The van der Waals surface area contributed by atoms with Gasteiger partial charge in [0, 0.05) is 24.9 Å². The Labute approximate surface area is 112 Å². The average molecular weight is 281 g/mol. The number of hydrogen-bond acceptors (Lipinski definition) is 3. The van der Waals surface area contributed by atoms with Gasteiger partial charge in [0.2, 0.25) is 0 Å². The molecule has 0 saturated carbocycles. The van der Waals surface area contributed by atoms with Gasteiger partial charge < -0.3 is 10.6 Å². The third kappa shape index (κ3) is 2.87. The van der Waals surface area contributed by atoms with Crippen LogP contribution in [0.5, 0.6) is 0 Å². The van der Waals surface area contributed by atoms with Crippen LogP contribution in [0.4, 0.5) is 24.5 Å². The summed E-state index contributed by atoms with van der Waals surface area (Å²) in [5, 5.41) is 5.06. The summed E-state index contributed by atoms with van der Waals surface area (Å²) >= 11 is 0. The maximum absolute atomic E-state index is 13.0. The lowest BCUT2D eigenvalue weighted by Gasteiger charge is -2.06. The van der Waals surface area contributed by atoms with Gasteiger partial charge >= 0.3 is 0 Å². The van der Waals surface area contributed by atoms with Gasteiger partial charge in [-0.2, -0.15) is 0 Å². The van der Waals surface area contributed by atoms with Crippen LogP contribution in [0.3, 0.4) is 0 Å². The molecule has 20 heavy (non-hydrogen) atoms. The first-order chi connectivity index (χ1) is 9.51. The molecule has 0 aliphatic carbocycles. The standard InChI is InChI=1S/C13H10F3N3O/c1-17-7-2-3-11(18-6-7)13(20)19-8-4-9(14)12(16)10(15)5-8/h2-6,17H,1H3,(H,19,20). The van der Waals surface area contributed by atoms with Gasteiger partial charge in [0.05, 0.1) is 11.9 Å². The van der Waals surface area contributed by atoms with Crippen LogP contribution in [0.15, 0.2) is 30.5 Å². The van der Waals surface area contributed by atoms with E-state index in [2.05, 4.69) is 15.6 Å². The fraction of sp³-hybridized carbons (Fsp3) is 0.0769. The molecule has 0 bridgehead atoms. The highest BCUT2D eigenvalue weighted by atomic mass is 19.2. The third-order valence-corrected chi connectivity index (χ3v) is 2.53. The number of anilines is 2. The van der Waals surface area contributed by atoms with Crippen molar-refractivity contribution in [2.24, 2.45) is 0 Å². The molecular weight excluding hydrogens is 271 g/mol. The Morgan fingerprint density at radius 3 is 2.25 bits per heavy atom. The number of rotatable bonds is 3. The van der Waals surface area contributed by atoms with Crippen LogP contribution in [-0.2, 0) is 0 Å². The van der Waals surface area contributed by atoms with E-state index in [0.29, 0.717) is 17.8 Å². The summed E-state index contributed by atoms with van der Waals surface area (Å²) in [6, 6.07) is 4.45. The molecule has 0 spiro atoms. The number of pyridine rings is 1. The number of amides is 1. The highest BCUT2D eigenvalue weighted by Crippen LogP contribution is 2.18. The van der Waals surface area contributed by atoms with Crippen LogP contribution in [-0.4, -0.2) is 17.9 Å². The molecule has 1 aromatic heterocycles.